The van der Waals surface area contributed by atoms with Gasteiger partial charge in [-0.2, -0.15) is 0 Å². The molecule has 0 saturated carbocycles. The zero-order valence-electron chi connectivity index (χ0n) is 8.73. The van der Waals surface area contributed by atoms with E-state index in [0.29, 0.717) is 0 Å². The molecule has 0 aromatic carbocycles. The highest BCUT2D eigenvalue weighted by Crippen LogP contribution is 2.07. The number of carbonyl (C=O) groups is 4. The SMILES string of the molecule is CC(=O)NC(CC(=O)O)(NC(C)=O)C(=O)O. The van der Waals surface area contributed by atoms with Gasteiger partial charge in [-0.25, -0.2) is 4.79 Å². The number of amides is 2. The van der Waals surface area contributed by atoms with Crippen LogP contribution in [-0.4, -0.2) is 39.6 Å². The van der Waals surface area contributed by atoms with Crippen molar-refractivity contribution in [1.82, 2.24) is 10.6 Å². The average molecular weight is 232 g/mol. The van der Waals surface area contributed by atoms with Gasteiger partial charge in [-0.05, 0) is 0 Å². The van der Waals surface area contributed by atoms with Gasteiger partial charge in [-0.3, -0.25) is 14.4 Å². The van der Waals surface area contributed by atoms with Crippen LogP contribution in [0.3, 0.4) is 0 Å². The van der Waals surface area contributed by atoms with Gasteiger partial charge in [0.1, 0.15) is 0 Å². The summed E-state index contributed by atoms with van der Waals surface area (Å²) in [6.45, 7) is 2.03. The van der Waals surface area contributed by atoms with Gasteiger partial charge in [0, 0.05) is 13.8 Å². The summed E-state index contributed by atoms with van der Waals surface area (Å²) in [6, 6.07) is 0. The molecule has 0 atom stereocenters. The largest absolute Gasteiger partial charge is 0.481 e. The maximum atomic E-state index is 10.9. The first kappa shape index (κ1) is 13.9. The Hall–Kier alpha value is -2.12. The second kappa shape index (κ2) is 5.10. The van der Waals surface area contributed by atoms with E-state index in [1.54, 1.807) is 0 Å². The van der Waals surface area contributed by atoms with Crippen LogP contribution in [-0.2, 0) is 19.2 Å². The fourth-order valence-electron chi connectivity index (χ4n) is 1.13. The van der Waals surface area contributed by atoms with Crippen molar-refractivity contribution in [2.45, 2.75) is 25.9 Å². The number of hydrogen-bond donors (Lipinski definition) is 4. The second-order valence-electron chi connectivity index (χ2n) is 3.14. The first-order valence-corrected chi connectivity index (χ1v) is 4.22. The van der Waals surface area contributed by atoms with Gasteiger partial charge in [0.25, 0.3) is 0 Å². The summed E-state index contributed by atoms with van der Waals surface area (Å²) in [6.07, 6.45) is -0.957. The number of hydrogen-bond acceptors (Lipinski definition) is 4. The van der Waals surface area contributed by atoms with Crippen LogP contribution in [0.4, 0.5) is 0 Å². The maximum absolute atomic E-state index is 10.9. The molecule has 90 valence electrons. The summed E-state index contributed by atoms with van der Waals surface area (Å²) >= 11 is 0. The van der Waals surface area contributed by atoms with Crippen LogP contribution < -0.4 is 10.6 Å². The third-order valence-electron chi connectivity index (χ3n) is 1.56. The molecule has 0 aliphatic rings. The van der Waals surface area contributed by atoms with Crippen molar-refractivity contribution in [3.8, 4) is 0 Å². The first-order chi connectivity index (χ1) is 7.19. The minimum absolute atomic E-state index is 0.766. The molecule has 0 rings (SSSR count). The van der Waals surface area contributed by atoms with E-state index < -0.39 is 35.8 Å². The Morgan fingerprint density at radius 3 is 1.56 bits per heavy atom. The predicted molar refractivity (Wildman–Crippen MR) is 50.3 cm³/mol. The van der Waals surface area contributed by atoms with Crippen LogP contribution in [0.2, 0.25) is 0 Å². The molecule has 0 aromatic heterocycles. The van der Waals surface area contributed by atoms with Gasteiger partial charge in [-0.1, -0.05) is 0 Å². The van der Waals surface area contributed by atoms with Gasteiger partial charge in [0.2, 0.25) is 17.5 Å². The van der Waals surface area contributed by atoms with E-state index in [9.17, 15) is 19.2 Å². The van der Waals surface area contributed by atoms with Crippen molar-refractivity contribution in [3.05, 3.63) is 0 Å². The van der Waals surface area contributed by atoms with E-state index in [1.165, 1.54) is 0 Å². The van der Waals surface area contributed by atoms with Crippen molar-refractivity contribution in [1.29, 1.82) is 0 Å². The van der Waals surface area contributed by atoms with E-state index in [2.05, 4.69) is 0 Å². The summed E-state index contributed by atoms with van der Waals surface area (Å²) in [7, 11) is 0. The quantitative estimate of drug-likeness (QED) is 0.427. The van der Waals surface area contributed by atoms with Crippen LogP contribution in [0, 0.1) is 0 Å². The minimum atomic E-state index is -2.32. The summed E-state index contributed by atoms with van der Waals surface area (Å²) < 4.78 is 0. The summed E-state index contributed by atoms with van der Waals surface area (Å²) in [5.74, 6) is -4.65. The Labute approximate surface area is 90.6 Å². The van der Waals surface area contributed by atoms with Crippen molar-refractivity contribution in [2.75, 3.05) is 0 Å². The number of rotatable bonds is 5. The molecule has 0 spiro atoms. The van der Waals surface area contributed by atoms with Gasteiger partial charge >= 0.3 is 11.9 Å². The van der Waals surface area contributed by atoms with Gasteiger partial charge in [0.15, 0.2) is 0 Å². The van der Waals surface area contributed by atoms with Crippen LogP contribution in [0.5, 0.6) is 0 Å². The number of aliphatic carboxylic acids is 2. The Kier molecular flexibility index (Phi) is 4.42. The molecule has 8 nitrogen and oxygen atoms in total. The van der Waals surface area contributed by atoms with Crippen molar-refractivity contribution >= 4 is 23.8 Å². The lowest BCUT2D eigenvalue weighted by atomic mass is 10.1. The lowest BCUT2D eigenvalue weighted by Crippen LogP contribution is -2.65. The van der Waals surface area contributed by atoms with Crippen LogP contribution in [0.15, 0.2) is 0 Å². The molecule has 0 bridgehead atoms. The molecule has 0 aliphatic carbocycles. The molecule has 4 N–H and O–H groups in total. The highest BCUT2D eigenvalue weighted by Gasteiger charge is 2.42. The monoisotopic (exact) mass is 232 g/mol. The Bertz CT molecular complexity index is 297. The standard InChI is InChI=1S/C8H12N2O6/c1-4(11)9-8(7(15)16,3-6(13)14)10-5(2)12/h3H2,1-2H3,(H,9,11)(H,10,12)(H,13,14)(H,15,16). The number of carboxylic acid groups (broad SMARTS) is 2. The summed E-state index contributed by atoms with van der Waals surface area (Å²) in [4.78, 5) is 43.1. The molecule has 0 radical (unpaired) electrons. The molecule has 0 saturated heterocycles. The predicted octanol–water partition coefficient (Wildman–Crippen LogP) is -1.49. The zero-order chi connectivity index (χ0) is 12.9. The maximum Gasteiger partial charge on any atom is 0.351 e. The lowest BCUT2D eigenvalue weighted by molar-refractivity contribution is -0.156. The minimum Gasteiger partial charge on any atom is -0.481 e. The number of carbonyl (C=O) groups excluding carboxylic acids is 2. The van der Waals surface area contributed by atoms with Gasteiger partial charge < -0.3 is 20.8 Å². The molecular weight excluding hydrogens is 220 g/mol. The van der Waals surface area contributed by atoms with E-state index in [-0.39, 0.29) is 0 Å². The summed E-state index contributed by atoms with van der Waals surface area (Å²) in [5.41, 5.74) is -2.32. The number of nitrogens with one attached hydrogen (secondary N) is 2. The third kappa shape index (κ3) is 3.95. The van der Waals surface area contributed by atoms with E-state index in [4.69, 9.17) is 10.2 Å². The molecule has 0 aliphatic heterocycles. The normalized spacial score (nSPS) is 10.4. The fraction of sp³-hybridized carbons (Fsp3) is 0.500. The van der Waals surface area contributed by atoms with E-state index in [0.717, 1.165) is 13.8 Å². The van der Waals surface area contributed by atoms with Gasteiger partial charge in [-0.15, -0.1) is 0 Å². The first-order valence-electron chi connectivity index (χ1n) is 4.22. The highest BCUT2D eigenvalue weighted by molar-refractivity contribution is 5.93. The lowest BCUT2D eigenvalue weighted by Gasteiger charge is -2.28. The van der Waals surface area contributed by atoms with E-state index >= 15 is 0 Å². The fourth-order valence-corrected chi connectivity index (χ4v) is 1.13. The van der Waals surface area contributed by atoms with Crippen molar-refractivity contribution < 1.29 is 29.4 Å². The van der Waals surface area contributed by atoms with Gasteiger partial charge in [0.05, 0.1) is 6.42 Å². The molecular formula is C8H12N2O6. The molecule has 0 aromatic rings. The molecule has 8 heteroatoms. The Balaban J connectivity index is 5.19. The van der Waals surface area contributed by atoms with Crippen LogP contribution >= 0.6 is 0 Å². The van der Waals surface area contributed by atoms with E-state index in [1.807, 2.05) is 10.6 Å². The topological polar surface area (TPSA) is 133 Å². The molecule has 16 heavy (non-hydrogen) atoms. The Morgan fingerprint density at radius 1 is 1.00 bits per heavy atom. The molecule has 0 heterocycles. The average Bonchev–Trinajstić information content (AvgIpc) is 1.98. The van der Waals surface area contributed by atoms with Crippen LogP contribution in [0.25, 0.3) is 0 Å². The number of carboxylic acids is 2. The van der Waals surface area contributed by atoms with Crippen molar-refractivity contribution in [3.63, 3.8) is 0 Å². The molecule has 0 fully saturated rings. The third-order valence-corrected chi connectivity index (χ3v) is 1.56. The zero-order valence-corrected chi connectivity index (χ0v) is 8.73. The highest BCUT2D eigenvalue weighted by atomic mass is 16.4. The van der Waals surface area contributed by atoms with Crippen molar-refractivity contribution in [2.24, 2.45) is 0 Å². The molecule has 0 unspecified atom stereocenters. The summed E-state index contributed by atoms with van der Waals surface area (Å²) in [5, 5.41) is 21.2. The Morgan fingerprint density at radius 2 is 1.38 bits per heavy atom. The molecule has 2 amide bonds. The smallest absolute Gasteiger partial charge is 0.351 e. The second-order valence-corrected chi connectivity index (χ2v) is 3.14. The van der Waals surface area contributed by atoms with Crippen LogP contribution in [0.1, 0.15) is 20.3 Å².